The lowest BCUT2D eigenvalue weighted by atomic mass is 9.99. The molecule has 0 fully saturated rings. The molecule has 2 aromatic heterocycles. The van der Waals surface area contributed by atoms with Gasteiger partial charge in [0.25, 0.3) is 0 Å². The number of para-hydroxylation sites is 1. The minimum atomic E-state index is -1.95. The second-order valence-corrected chi connectivity index (χ2v) is 25.5. The summed E-state index contributed by atoms with van der Waals surface area (Å²) in [6.45, 7) is 3.54. The quantitative estimate of drug-likeness (QED) is 0.0199. The zero-order valence-corrected chi connectivity index (χ0v) is 57.7. The smallest absolute Gasteiger partial charge is 0.326 e. The van der Waals surface area contributed by atoms with E-state index in [1.54, 1.807) is 74.6 Å². The van der Waals surface area contributed by atoms with E-state index in [1.165, 1.54) is 92.2 Å². The molecule has 22 N–H and O–H groups in total. The molecule has 34 heteroatoms. The standard InChI is InChI=1S/C72H85N15O19/c1-37(2)61(74)70(103)87-62(38(3)88)71(104)85-55(31-58(73)92)63(96)77-35-59(93)79-54(30-44-34-75-36-78-44)68(101)83-53(29-43-33-76-49-12-8-7-11-48(43)49)67(100)82-52(27-41-15-21-46(90)22-16-41)65(98)81-51(26-40-13-19-45(89)20-14-40)64(97)80-50(25-39-9-5-4-6-10-39)66(99)84-56(32-60(94)95)69(102)86-57(72(105)106)28-42-17-23-47(91)24-18-42/h4-24,33-34,36-38,50-57,61-62,76,88-91H,25-32,35,74H2,1-3H3,(H2,73,92)(H,75,78)(H,77,96)(H,79,93)(H,80,97)(H,81,98)(H,82,100)(H,83,101)(H,84,99)(H,85,104)(H,86,102)(H,87,103)(H,94,95)(H,105,106)/t38-,50+,51+,52+,53+,54+,55+,56+,57+,61+,62+/m1/s1. The van der Waals surface area contributed by atoms with Gasteiger partial charge in [0.1, 0.15) is 71.6 Å². The predicted octanol–water partition coefficient (Wildman–Crippen LogP) is -1.96. The molecule has 34 nitrogen and oxygen atoms in total. The van der Waals surface area contributed by atoms with Gasteiger partial charge in [0.15, 0.2) is 0 Å². The van der Waals surface area contributed by atoms with Crippen LogP contribution in [0.4, 0.5) is 0 Å². The summed E-state index contributed by atoms with van der Waals surface area (Å²) in [5, 5.41) is 86.1. The molecule has 0 saturated heterocycles. The first-order chi connectivity index (χ1) is 50.4. The van der Waals surface area contributed by atoms with Crippen LogP contribution in [0.25, 0.3) is 10.9 Å². The molecule has 0 unspecified atom stereocenters. The van der Waals surface area contributed by atoms with Crippen LogP contribution in [0.2, 0.25) is 0 Å². The number of nitrogens with two attached hydrogens (primary N) is 2. The Morgan fingerprint density at radius 1 is 0.443 bits per heavy atom. The van der Waals surface area contributed by atoms with Crippen molar-refractivity contribution in [3.05, 3.63) is 180 Å². The third kappa shape index (κ3) is 24.8. The number of primary amides is 1. The number of aromatic hydroxyl groups is 3. The molecule has 5 aromatic carbocycles. The molecule has 0 radical (unpaired) electrons. The lowest BCUT2D eigenvalue weighted by Gasteiger charge is -2.28. The number of carbonyl (C=O) groups excluding carboxylic acids is 11. The number of phenols is 3. The number of rotatable bonds is 39. The molecule has 0 aliphatic carbocycles. The number of benzene rings is 5. The number of imidazole rings is 1. The van der Waals surface area contributed by atoms with E-state index in [1.807, 2.05) is 0 Å². The molecule has 11 atom stereocenters. The SMILES string of the molecule is CC(C)[C@H](N)C(=O)N[C@H](C(=O)N[C@@H](CC(N)=O)C(=O)NCC(=O)N[C@@H](Cc1cnc[nH]1)C(=O)N[C@@H](Cc1c[nH]c2ccccc12)C(=O)N[C@@H](Cc1ccc(O)cc1)C(=O)N[C@@H](Cc1ccc(O)cc1)C(=O)N[C@@H](Cc1ccccc1)C(=O)N[C@@H](CC(=O)O)C(=O)N[C@@H](Cc1ccc(O)cc1)C(=O)O)[C@@H](C)O. The van der Waals surface area contributed by atoms with Gasteiger partial charge in [-0.05, 0) is 83.1 Å². The molecule has 11 amide bonds. The number of aromatic nitrogens is 3. The van der Waals surface area contributed by atoms with Crippen molar-refractivity contribution in [2.45, 2.75) is 139 Å². The fraction of sp³-hybridized carbons (Fsp3) is 0.333. The number of aromatic amines is 2. The third-order valence-electron chi connectivity index (χ3n) is 16.8. The number of carboxylic acid groups (broad SMARTS) is 2. The molecule has 106 heavy (non-hydrogen) atoms. The van der Waals surface area contributed by atoms with E-state index in [0.29, 0.717) is 38.7 Å². The summed E-state index contributed by atoms with van der Waals surface area (Å²) in [6, 6.07) is 14.9. The lowest BCUT2D eigenvalue weighted by Crippen LogP contribution is -2.61. The Balaban J connectivity index is 1.17. The average molecular weight is 1460 g/mol. The molecule has 0 bridgehead atoms. The van der Waals surface area contributed by atoms with Crippen molar-refractivity contribution in [2.75, 3.05) is 6.54 Å². The Morgan fingerprint density at radius 3 is 1.31 bits per heavy atom. The number of amides is 11. The Bertz CT molecular complexity index is 4230. The number of phenolic OH excluding ortho intramolecular Hbond substituents is 3. The van der Waals surface area contributed by atoms with Crippen LogP contribution in [-0.2, 0) is 101 Å². The topological polar surface area (TPSA) is 560 Å². The molecule has 0 spiro atoms. The maximum atomic E-state index is 15.3. The maximum absolute atomic E-state index is 15.3. The molecular weight excluding hydrogens is 1380 g/mol. The van der Waals surface area contributed by atoms with Gasteiger partial charge in [0.2, 0.25) is 65.0 Å². The number of aliphatic hydroxyl groups is 1. The van der Waals surface area contributed by atoms with Gasteiger partial charge >= 0.3 is 11.9 Å². The first kappa shape index (κ1) is 80.6. The van der Waals surface area contributed by atoms with Crippen LogP contribution in [0.3, 0.4) is 0 Å². The van der Waals surface area contributed by atoms with Gasteiger partial charge in [-0.25, -0.2) is 9.78 Å². The van der Waals surface area contributed by atoms with E-state index >= 15 is 14.4 Å². The van der Waals surface area contributed by atoms with Gasteiger partial charge in [-0.2, -0.15) is 0 Å². The lowest BCUT2D eigenvalue weighted by molar-refractivity contribution is -0.143. The number of nitrogens with zero attached hydrogens (tertiary/aromatic N) is 1. The van der Waals surface area contributed by atoms with Gasteiger partial charge in [-0.1, -0.05) is 98.8 Å². The van der Waals surface area contributed by atoms with Gasteiger partial charge in [0.05, 0.1) is 37.9 Å². The summed E-state index contributed by atoms with van der Waals surface area (Å²) in [7, 11) is 0. The van der Waals surface area contributed by atoms with Crippen molar-refractivity contribution in [2.24, 2.45) is 17.4 Å². The maximum Gasteiger partial charge on any atom is 0.326 e. The van der Waals surface area contributed by atoms with Crippen molar-refractivity contribution >= 4 is 87.8 Å². The van der Waals surface area contributed by atoms with Crippen LogP contribution >= 0.6 is 0 Å². The summed E-state index contributed by atoms with van der Waals surface area (Å²) < 4.78 is 0. The molecular formula is C72H85N15O19. The van der Waals surface area contributed by atoms with Crippen LogP contribution in [0.15, 0.2) is 146 Å². The van der Waals surface area contributed by atoms with Crippen LogP contribution < -0.4 is 64.6 Å². The number of hydrogen-bond donors (Lipinski definition) is 20. The summed E-state index contributed by atoms with van der Waals surface area (Å²) in [5.41, 5.74) is 14.2. The fourth-order valence-corrected chi connectivity index (χ4v) is 11.0. The third-order valence-corrected chi connectivity index (χ3v) is 16.8. The number of carboxylic acids is 2. The number of carbonyl (C=O) groups is 13. The Kier molecular flexibility index (Phi) is 29.3. The fourth-order valence-electron chi connectivity index (χ4n) is 11.0. The van der Waals surface area contributed by atoms with Crippen LogP contribution in [0.5, 0.6) is 17.2 Å². The van der Waals surface area contributed by atoms with Crippen molar-refractivity contribution < 1.29 is 93.0 Å². The van der Waals surface area contributed by atoms with Crippen LogP contribution in [0.1, 0.15) is 67.1 Å². The molecule has 0 saturated carbocycles. The molecule has 7 rings (SSSR count). The Hall–Kier alpha value is -12.7. The number of aliphatic hydroxyl groups excluding tert-OH is 1. The van der Waals surface area contributed by atoms with E-state index in [-0.39, 0.29) is 67.4 Å². The van der Waals surface area contributed by atoms with Gasteiger partial charge in [0, 0.05) is 67.5 Å². The number of H-pyrrole nitrogens is 2. The molecule has 562 valence electrons. The van der Waals surface area contributed by atoms with Crippen molar-refractivity contribution in [1.29, 1.82) is 0 Å². The monoisotopic (exact) mass is 1460 g/mol. The summed E-state index contributed by atoms with van der Waals surface area (Å²) in [6.07, 6.45) is -1.28. The number of fused-ring (bicyclic) bond motifs is 1. The molecule has 0 aliphatic heterocycles. The van der Waals surface area contributed by atoms with E-state index in [9.17, 15) is 78.6 Å². The largest absolute Gasteiger partial charge is 0.508 e. The first-order valence-corrected chi connectivity index (χ1v) is 33.5. The highest BCUT2D eigenvalue weighted by molar-refractivity contribution is 6.00. The highest BCUT2D eigenvalue weighted by Crippen LogP contribution is 2.21. The Morgan fingerprint density at radius 2 is 0.858 bits per heavy atom. The minimum absolute atomic E-state index is 0.123. The van der Waals surface area contributed by atoms with Gasteiger partial charge < -0.3 is 105 Å². The zero-order chi connectivity index (χ0) is 77.3. The summed E-state index contributed by atoms with van der Waals surface area (Å²) in [5.74, 6) is -15.6. The predicted molar refractivity (Wildman–Crippen MR) is 378 cm³/mol. The van der Waals surface area contributed by atoms with Crippen molar-refractivity contribution in [1.82, 2.24) is 68.1 Å². The average Bonchev–Trinajstić information content (AvgIpc) is 1.62. The number of hydrogen-bond acceptors (Lipinski definition) is 19. The van der Waals surface area contributed by atoms with Crippen LogP contribution in [0, 0.1) is 5.92 Å². The zero-order valence-electron chi connectivity index (χ0n) is 57.7. The highest BCUT2D eigenvalue weighted by Gasteiger charge is 2.38. The minimum Gasteiger partial charge on any atom is -0.508 e. The summed E-state index contributed by atoms with van der Waals surface area (Å²) >= 11 is 0. The van der Waals surface area contributed by atoms with Crippen molar-refractivity contribution in [3.8, 4) is 17.2 Å². The van der Waals surface area contributed by atoms with Crippen LogP contribution in [-0.4, -0.2) is 196 Å². The number of nitrogens with one attached hydrogen (secondary N) is 12. The second kappa shape index (κ2) is 38.5. The normalized spacial score (nSPS) is 14.2. The molecule has 2 heterocycles. The summed E-state index contributed by atoms with van der Waals surface area (Å²) in [4.78, 5) is 190. The highest BCUT2D eigenvalue weighted by atomic mass is 16.4. The Labute approximate surface area is 606 Å². The number of aliphatic carboxylic acids is 2. The molecule has 0 aliphatic rings. The van der Waals surface area contributed by atoms with Crippen molar-refractivity contribution in [3.63, 3.8) is 0 Å². The van der Waals surface area contributed by atoms with Gasteiger partial charge in [-0.3, -0.25) is 57.5 Å². The van der Waals surface area contributed by atoms with E-state index < -0.39 is 163 Å². The second-order valence-electron chi connectivity index (χ2n) is 25.5. The first-order valence-electron chi connectivity index (χ1n) is 33.5. The van der Waals surface area contributed by atoms with E-state index in [4.69, 9.17) is 11.5 Å². The van der Waals surface area contributed by atoms with Gasteiger partial charge in [-0.15, -0.1) is 0 Å². The van der Waals surface area contributed by atoms with E-state index in [0.717, 1.165) is 0 Å². The molecule has 7 aromatic rings. The van der Waals surface area contributed by atoms with E-state index in [2.05, 4.69) is 68.1 Å².